The maximum absolute atomic E-state index is 12.6. The molecule has 1 aliphatic heterocycles. The van der Waals surface area contributed by atoms with Gasteiger partial charge in [0.1, 0.15) is 0 Å². The van der Waals surface area contributed by atoms with E-state index in [1.54, 1.807) is 6.20 Å². The summed E-state index contributed by atoms with van der Waals surface area (Å²) in [5.41, 5.74) is 11.7. The second kappa shape index (κ2) is 10.5. The number of nitrogens with two attached hydrogens (primary N) is 1. The molecule has 1 amide bonds. The van der Waals surface area contributed by atoms with Crippen LogP contribution in [0.4, 0.5) is 11.4 Å². The van der Waals surface area contributed by atoms with Gasteiger partial charge >= 0.3 is 0 Å². The van der Waals surface area contributed by atoms with Crippen LogP contribution >= 0.6 is 0 Å². The average Bonchev–Trinajstić information content (AvgIpc) is 3.17. The van der Waals surface area contributed by atoms with E-state index in [1.807, 2.05) is 49.4 Å². The summed E-state index contributed by atoms with van der Waals surface area (Å²) in [6.45, 7) is 7.93. The highest BCUT2D eigenvalue weighted by Gasteiger charge is 2.33. The number of rotatable bonds is 8. The molecule has 3 N–H and O–H groups in total. The van der Waals surface area contributed by atoms with Crippen LogP contribution in [0.5, 0.6) is 0 Å². The number of carbonyl (C=O) groups is 1. The smallest absolute Gasteiger partial charge is 0.228 e. The third-order valence-corrected chi connectivity index (χ3v) is 7.46. The highest BCUT2D eigenvalue weighted by Crippen LogP contribution is 2.39. The summed E-state index contributed by atoms with van der Waals surface area (Å²) in [5.74, 6) is 0.900. The lowest BCUT2D eigenvalue weighted by atomic mass is 9.99. The van der Waals surface area contributed by atoms with E-state index in [0.717, 1.165) is 40.5 Å². The zero-order chi connectivity index (χ0) is 24.2. The molecule has 2 unspecified atom stereocenters. The van der Waals surface area contributed by atoms with Gasteiger partial charge in [0.05, 0.1) is 40.8 Å². The van der Waals surface area contributed by atoms with Crippen LogP contribution in [0.15, 0.2) is 65.7 Å². The highest BCUT2D eigenvalue weighted by molar-refractivity contribution is 7.85. The third kappa shape index (κ3) is 5.54. The molecule has 0 fully saturated rings. The minimum Gasteiger partial charge on any atom is -0.399 e. The summed E-state index contributed by atoms with van der Waals surface area (Å²) >= 11 is 0. The molecule has 0 saturated carbocycles. The number of anilines is 2. The van der Waals surface area contributed by atoms with E-state index >= 15 is 0 Å². The molecule has 4 rings (SSSR count). The fraction of sp³-hybridized carbons (Fsp3) is 0.333. The summed E-state index contributed by atoms with van der Waals surface area (Å²) in [7, 11) is -0.985. The van der Waals surface area contributed by atoms with Gasteiger partial charge in [-0.2, -0.15) is 0 Å². The predicted molar refractivity (Wildman–Crippen MR) is 138 cm³/mol. The van der Waals surface area contributed by atoms with E-state index in [4.69, 9.17) is 10.7 Å². The third-order valence-electron chi connectivity index (χ3n) is 6.14. The number of pyridine rings is 1. The maximum Gasteiger partial charge on any atom is 0.228 e. The zero-order valence-corrected chi connectivity index (χ0v) is 20.8. The van der Waals surface area contributed by atoms with Gasteiger partial charge < -0.3 is 11.1 Å². The van der Waals surface area contributed by atoms with Crippen molar-refractivity contribution >= 4 is 28.1 Å². The monoisotopic (exact) mass is 476 g/mol. The predicted octanol–water partition coefficient (Wildman–Crippen LogP) is 4.69. The Morgan fingerprint density at radius 3 is 2.47 bits per heavy atom. The van der Waals surface area contributed by atoms with Crippen LogP contribution in [-0.2, 0) is 35.1 Å². The average molecular weight is 477 g/mol. The molecular formula is C27H32N4O2S. The summed E-state index contributed by atoms with van der Waals surface area (Å²) in [4.78, 5) is 20.6. The van der Waals surface area contributed by atoms with Crippen molar-refractivity contribution in [1.29, 1.82) is 0 Å². The molecule has 2 heterocycles. The Labute approximate surface area is 204 Å². The molecular weight excluding hydrogens is 444 g/mol. The number of nitrogens with one attached hydrogen (secondary N) is 1. The van der Waals surface area contributed by atoms with E-state index in [9.17, 15) is 9.00 Å². The normalized spacial score (nSPS) is 16.4. The van der Waals surface area contributed by atoms with Gasteiger partial charge in [0.25, 0.3) is 0 Å². The SMILES string of the molecule is CCS(=O)c1ccc(CC(=O)Nc2cnc3c(c2)CN(Cc2ccc(N)cc2)C3C(C)C)cc1. The van der Waals surface area contributed by atoms with Crippen molar-refractivity contribution in [2.45, 2.75) is 51.2 Å². The largest absolute Gasteiger partial charge is 0.399 e. The Bertz CT molecular complexity index is 1180. The van der Waals surface area contributed by atoms with Gasteiger partial charge in [-0.3, -0.25) is 18.9 Å². The molecule has 3 aromatic rings. The number of carbonyl (C=O) groups excluding carboxylic acids is 1. The van der Waals surface area contributed by atoms with Crippen LogP contribution in [0.25, 0.3) is 0 Å². The van der Waals surface area contributed by atoms with Crippen LogP contribution < -0.4 is 11.1 Å². The van der Waals surface area contributed by atoms with Gasteiger partial charge in [-0.15, -0.1) is 0 Å². The minimum atomic E-state index is -0.985. The van der Waals surface area contributed by atoms with Crippen molar-refractivity contribution in [2.75, 3.05) is 16.8 Å². The molecule has 178 valence electrons. The lowest BCUT2D eigenvalue weighted by Gasteiger charge is -2.27. The molecule has 1 aromatic heterocycles. The van der Waals surface area contributed by atoms with Crippen molar-refractivity contribution in [3.63, 3.8) is 0 Å². The first-order valence-electron chi connectivity index (χ1n) is 11.7. The zero-order valence-electron chi connectivity index (χ0n) is 20.0. The molecule has 0 radical (unpaired) electrons. The number of amides is 1. The molecule has 1 aliphatic rings. The molecule has 2 atom stereocenters. The standard InChI is InChI=1S/C27H32N4O2S/c1-4-34(33)24-11-7-19(8-12-24)13-25(32)30-23-14-21-17-31(16-20-5-9-22(28)10-6-20)27(18(2)3)26(21)29-15-23/h5-12,14-15,18,27H,4,13,16-17,28H2,1-3H3,(H,30,32). The molecule has 0 aliphatic carbocycles. The lowest BCUT2D eigenvalue weighted by Crippen LogP contribution is -2.25. The van der Waals surface area contributed by atoms with E-state index < -0.39 is 10.8 Å². The van der Waals surface area contributed by atoms with Crippen molar-refractivity contribution in [3.05, 3.63) is 83.2 Å². The van der Waals surface area contributed by atoms with Crippen LogP contribution in [0.1, 0.15) is 49.2 Å². The van der Waals surface area contributed by atoms with Gasteiger partial charge in [0, 0.05) is 29.4 Å². The number of hydrogen-bond acceptors (Lipinski definition) is 5. The summed E-state index contributed by atoms with van der Waals surface area (Å²) in [5, 5.41) is 2.99. The van der Waals surface area contributed by atoms with Gasteiger partial charge in [0.2, 0.25) is 5.91 Å². The second-order valence-corrected chi connectivity index (χ2v) is 10.8. The topological polar surface area (TPSA) is 88.3 Å². The molecule has 6 nitrogen and oxygen atoms in total. The first-order chi connectivity index (χ1) is 16.3. The minimum absolute atomic E-state index is 0.0942. The number of benzene rings is 2. The van der Waals surface area contributed by atoms with Gasteiger partial charge in [-0.05, 0) is 52.9 Å². The molecule has 0 saturated heterocycles. The fourth-order valence-corrected chi connectivity index (χ4v) is 5.31. The van der Waals surface area contributed by atoms with Crippen LogP contribution in [-0.4, -0.2) is 25.8 Å². The lowest BCUT2D eigenvalue weighted by molar-refractivity contribution is -0.115. The van der Waals surface area contributed by atoms with Crippen LogP contribution in [0.3, 0.4) is 0 Å². The van der Waals surface area contributed by atoms with Gasteiger partial charge in [-0.25, -0.2) is 0 Å². The highest BCUT2D eigenvalue weighted by atomic mass is 32.2. The summed E-state index contributed by atoms with van der Waals surface area (Å²) in [6.07, 6.45) is 2.01. The van der Waals surface area contributed by atoms with Crippen LogP contribution in [0.2, 0.25) is 0 Å². The second-order valence-electron chi connectivity index (χ2n) is 9.11. The number of nitrogen functional groups attached to an aromatic ring is 1. The maximum atomic E-state index is 12.6. The van der Waals surface area contributed by atoms with E-state index in [-0.39, 0.29) is 18.4 Å². The van der Waals surface area contributed by atoms with E-state index in [0.29, 0.717) is 17.4 Å². The van der Waals surface area contributed by atoms with Crippen molar-refractivity contribution < 1.29 is 9.00 Å². The number of fused-ring (bicyclic) bond motifs is 1. The summed E-state index contributed by atoms with van der Waals surface area (Å²) < 4.78 is 11.9. The van der Waals surface area contributed by atoms with Crippen LogP contribution in [0, 0.1) is 5.92 Å². The first-order valence-corrected chi connectivity index (χ1v) is 13.0. The first kappa shape index (κ1) is 24.1. The van der Waals surface area contributed by atoms with Crippen molar-refractivity contribution in [2.24, 2.45) is 5.92 Å². The number of aromatic nitrogens is 1. The Kier molecular flexibility index (Phi) is 7.44. The quantitative estimate of drug-likeness (QED) is 0.461. The molecule has 0 spiro atoms. The Morgan fingerprint density at radius 2 is 1.82 bits per heavy atom. The Hall–Kier alpha value is -3.03. The van der Waals surface area contributed by atoms with Crippen molar-refractivity contribution in [1.82, 2.24) is 9.88 Å². The Morgan fingerprint density at radius 1 is 1.15 bits per heavy atom. The number of nitrogens with zero attached hydrogens (tertiary/aromatic N) is 2. The van der Waals surface area contributed by atoms with Gasteiger partial charge in [-0.1, -0.05) is 45.0 Å². The molecule has 2 aromatic carbocycles. The van der Waals surface area contributed by atoms with E-state index in [2.05, 4.69) is 36.2 Å². The fourth-order valence-electron chi connectivity index (χ4n) is 4.54. The van der Waals surface area contributed by atoms with E-state index in [1.165, 1.54) is 5.56 Å². The summed E-state index contributed by atoms with van der Waals surface area (Å²) in [6, 6.07) is 17.7. The van der Waals surface area contributed by atoms with Gasteiger partial charge in [0.15, 0.2) is 0 Å². The van der Waals surface area contributed by atoms with Crippen molar-refractivity contribution in [3.8, 4) is 0 Å². The Balaban J connectivity index is 1.43. The molecule has 7 heteroatoms. The molecule has 34 heavy (non-hydrogen) atoms. The number of hydrogen-bond donors (Lipinski definition) is 2. The molecule has 0 bridgehead atoms.